The number of alkyl carbamates (subject to hydrolysis) is 1. The molecule has 1 saturated carbocycles. The zero-order chi connectivity index (χ0) is 32.2. The molecule has 1 aliphatic heterocycles. The number of rotatable bonds is 6. The molecule has 8 heteroatoms. The Morgan fingerprint density at radius 3 is 2.27 bits per heavy atom. The Balaban J connectivity index is 1.55. The third kappa shape index (κ3) is 8.39. The number of carbonyl (C=O) groups is 3. The van der Waals surface area contributed by atoms with E-state index in [0.717, 1.165) is 36.9 Å². The van der Waals surface area contributed by atoms with Crippen LogP contribution in [0.5, 0.6) is 0 Å². The van der Waals surface area contributed by atoms with Gasteiger partial charge in [-0.2, -0.15) is 0 Å². The standard InChI is InChI=1S/C36H50FN3O4/c1-23-11-8-15-29(37)30(23)33(42)40-20-10-14-28(32(41)39-27-13-9-12-26(21-27)35(2,3)4)31(40)25-18-16-24(17-19-25)22-38-34(43)44-36(5,6)7/h8-9,11-13,15,21,24-25,28,31H,10,14,16-20,22H2,1-7H3,(H,38,43)(H,39,41). The predicted octanol–water partition coefficient (Wildman–Crippen LogP) is 7.62. The molecule has 1 saturated heterocycles. The van der Waals surface area contributed by atoms with Crippen molar-refractivity contribution >= 4 is 23.6 Å². The Morgan fingerprint density at radius 2 is 1.64 bits per heavy atom. The van der Waals surface area contributed by atoms with Crippen LogP contribution < -0.4 is 10.6 Å². The molecule has 2 aromatic rings. The van der Waals surface area contributed by atoms with Gasteiger partial charge in [-0.3, -0.25) is 9.59 Å². The molecule has 1 aliphatic carbocycles. The van der Waals surface area contributed by atoms with Gasteiger partial charge in [0, 0.05) is 24.8 Å². The smallest absolute Gasteiger partial charge is 0.407 e. The van der Waals surface area contributed by atoms with E-state index in [0.29, 0.717) is 31.5 Å². The van der Waals surface area contributed by atoms with Crippen LogP contribution in [0.1, 0.15) is 102 Å². The van der Waals surface area contributed by atoms with Crippen LogP contribution in [0.4, 0.5) is 14.9 Å². The number of ether oxygens (including phenoxy) is 1. The van der Waals surface area contributed by atoms with Crippen LogP contribution in [0.15, 0.2) is 42.5 Å². The Hall–Kier alpha value is -3.42. The molecule has 1 heterocycles. The molecule has 44 heavy (non-hydrogen) atoms. The number of aryl methyl sites for hydroxylation is 1. The van der Waals surface area contributed by atoms with Crippen LogP contribution in [0.2, 0.25) is 0 Å². The molecule has 2 unspecified atom stereocenters. The fraction of sp³-hybridized carbons (Fsp3) is 0.583. The molecule has 2 aliphatic rings. The second kappa shape index (κ2) is 13.7. The molecule has 2 aromatic carbocycles. The third-order valence-corrected chi connectivity index (χ3v) is 9.02. The number of nitrogens with zero attached hydrogens (tertiary/aromatic N) is 1. The third-order valence-electron chi connectivity index (χ3n) is 9.02. The summed E-state index contributed by atoms with van der Waals surface area (Å²) in [5.41, 5.74) is 1.93. The van der Waals surface area contributed by atoms with Crippen molar-refractivity contribution in [3.05, 3.63) is 65.0 Å². The SMILES string of the molecule is Cc1cccc(F)c1C(=O)N1CCCC(C(=O)Nc2cccc(C(C)(C)C)c2)C1C1CCC(CNC(=O)OC(C)(C)C)CC1. The maximum Gasteiger partial charge on any atom is 0.407 e. The van der Waals surface area contributed by atoms with Crippen molar-refractivity contribution in [1.29, 1.82) is 0 Å². The quantitative estimate of drug-likeness (QED) is 0.354. The van der Waals surface area contributed by atoms with E-state index in [1.165, 1.54) is 6.07 Å². The van der Waals surface area contributed by atoms with E-state index in [-0.39, 0.29) is 40.7 Å². The summed E-state index contributed by atoms with van der Waals surface area (Å²) in [4.78, 5) is 42.0. The molecule has 7 nitrogen and oxygen atoms in total. The number of piperidine rings is 1. The molecule has 0 radical (unpaired) electrons. The Bertz CT molecular complexity index is 1320. The van der Waals surface area contributed by atoms with Crippen molar-refractivity contribution in [2.75, 3.05) is 18.4 Å². The summed E-state index contributed by atoms with van der Waals surface area (Å²) in [5, 5.41) is 6.07. The van der Waals surface area contributed by atoms with Gasteiger partial charge < -0.3 is 20.3 Å². The Kier molecular flexibility index (Phi) is 10.4. The van der Waals surface area contributed by atoms with Crippen molar-refractivity contribution in [3.63, 3.8) is 0 Å². The highest BCUT2D eigenvalue weighted by atomic mass is 19.1. The molecule has 2 atom stereocenters. The first kappa shape index (κ1) is 33.5. The van der Waals surface area contributed by atoms with Gasteiger partial charge in [0.2, 0.25) is 5.91 Å². The number of hydrogen-bond acceptors (Lipinski definition) is 4. The van der Waals surface area contributed by atoms with Gasteiger partial charge in [-0.25, -0.2) is 9.18 Å². The van der Waals surface area contributed by atoms with Gasteiger partial charge in [0.05, 0.1) is 11.5 Å². The number of benzene rings is 2. The lowest BCUT2D eigenvalue weighted by molar-refractivity contribution is -0.124. The first-order valence-corrected chi connectivity index (χ1v) is 16.1. The molecule has 4 rings (SSSR count). The van der Waals surface area contributed by atoms with Crippen molar-refractivity contribution in [3.8, 4) is 0 Å². The fourth-order valence-corrected chi connectivity index (χ4v) is 6.75. The summed E-state index contributed by atoms with van der Waals surface area (Å²) in [5.74, 6) is -1.02. The number of likely N-dealkylation sites (tertiary alicyclic amines) is 1. The van der Waals surface area contributed by atoms with E-state index in [4.69, 9.17) is 4.74 Å². The first-order valence-electron chi connectivity index (χ1n) is 16.1. The summed E-state index contributed by atoms with van der Waals surface area (Å²) in [6.45, 7) is 14.7. The molecule has 0 aromatic heterocycles. The number of carbonyl (C=O) groups excluding carboxylic acids is 3. The molecule has 2 fully saturated rings. The van der Waals surface area contributed by atoms with Gasteiger partial charge >= 0.3 is 6.09 Å². The Morgan fingerprint density at radius 1 is 0.955 bits per heavy atom. The van der Waals surface area contributed by atoms with Crippen molar-refractivity contribution in [2.45, 2.75) is 104 Å². The van der Waals surface area contributed by atoms with Gasteiger partial charge in [0.25, 0.3) is 5.91 Å². The number of amides is 3. The van der Waals surface area contributed by atoms with E-state index in [9.17, 15) is 14.4 Å². The molecular formula is C36H50FN3O4. The maximum absolute atomic E-state index is 15.0. The fourth-order valence-electron chi connectivity index (χ4n) is 6.75. The number of nitrogens with one attached hydrogen (secondary N) is 2. The van der Waals surface area contributed by atoms with Crippen LogP contribution >= 0.6 is 0 Å². The lowest BCUT2D eigenvalue weighted by Gasteiger charge is -2.46. The topological polar surface area (TPSA) is 87.7 Å². The van der Waals surface area contributed by atoms with Crippen LogP contribution in [0.25, 0.3) is 0 Å². The molecule has 2 N–H and O–H groups in total. The van der Waals surface area contributed by atoms with E-state index >= 15 is 4.39 Å². The van der Waals surface area contributed by atoms with Gasteiger partial charge in [-0.1, -0.05) is 45.0 Å². The zero-order valence-corrected chi connectivity index (χ0v) is 27.5. The number of anilines is 1. The maximum atomic E-state index is 15.0. The predicted molar refractivity (Wildman–Crippen MR) is 172 cm³/mol. The highest BCUT2D eigenvalue weighted by molar-refractivity contribution is 5.98. The Labute approximate surface area is 262 Å². The van der Waals surface area contributed by atoms with Crippen LogP contribution in [-0.2, 0) is 14.9 Å². The molecule has 240 valence electrons. The lowest BCUT2D eigenvalue weighted by atomic mass is 9.71. The zero-order valence-electron chi connectivity index (χ0n) is 27.5. The van der Waals surface area contributed by atoms with Crippen molar-refractivity contribution in [1.82, 2.24) is 10.2 Å². The van der Waals surface area contributed by atoms with E-state index in [1.807, 2.05) is 39.0 Å². The normalized spacial score (nSPS) is 22.7. The minimum Gasteiger partial charge on any atom is -0.444 e. The molecule has 0 spiro atoms. The van der Waals surface area contributed by atoms with Crippen LogP contribution in [0, 0.1) is 30.5 Å². The summed E-state index contributed by atoms with van der Waals surface area (Å²) < 4.78 is 20.4. The monoisotopic (exact) mass is 607 g/mol. The van der Waals surface area contributed by atoms with Crippen molar-refractivity contribution < 1.29 is 23.5 Å². The minimum absolute atomic E-state index is 0.0636. The van der Waals surface area contributed by atoms with Gasteiger partial charge in [-0.05, 0) is 113 Å². The summed E-state index contributed by atoms with van der Waals surface area (Å²) in [6, 6.07) is 12.3. The molecule has 0 bridgehead atoms. The van der Waals surface area contributed by atoms with Crippen molar-refractivity contribution in [2.24, 2.45) is 17.8 Å². The largest absolute Gasteiger partial charge is 0.444 e. The first-order chi connectivity index (χ1) is 20.6. The van der Waals surface area contributed by atoms with E-state index < -0.39 is 23.4 Å². The summed E-state index contributed by atoms with van der Waals surface area (Å²) in [6.07, 6.45) is 4.26. The highest BCUT2D eigenvalue weighted by Crippen LogP contribution is 2.40. The second-order valence-corrected chi connectivity index (χ2v) is 14.7. The van der Waals surface area contributed by atoms with E-state index in [2.05, 4.69) is 37.5 Å². The van der Waals surface area contributed by atoms with Crippen LogP contribution in [-0.4, -0.2) is 47.5 Å². The number of halogens is 1. The summed E-state index contributed by atoms with van der Waals surface area (Å²) in [7, 11) is 0. The second-order valence-electron chi connectivity index (χ2n) is 14.7. The highest BCUT2D eigenvalue weighted by Gasteiger charge is 2.44. The average Bonchev–Trinajstić information content (AvgIpc) is 2.94. The molecular weight excluding hydrogens is 557 g/mol. The van der Waals surface area contributed by atoms with Gasteiger partial charge in [0.1, 0.15) is 11.4 Å². The van der Waals surface area contributed by atoms with Crippen LogP contribution in [0.3, 0.4) is 0 Å². The van der Waals surface area contributed by atoms with Gasteiger partial charge in [0.15, 0.2) is 0 Å². The van der Waals surface area contributed by atoms with Gasteiger partial charge in [-0.15, -0.1) is 0 Å². The lowest BCUT2D eigenvalue weighted by Crippen LogP contribution is -2.56. The summed E-state index contributed by atoms with van der Waals surface area (Å²) >= 11 is 0. The van der Waals surface area contributed by atoms with E-state index in [1.54, 1.807) is 24.0 Å². The minimum atomic E-state index is -0.557. The number of hydrogen-bond donors (Lipinski definition) is 2. The molecule has 3 amide bonds. The average molecular weight is 608 g/mol.